The van der Waals surface area contributed by atoms with Crippen molar-refractivity contribution in [3.8, 4) is 0 Å². The van der Waals surface area contributed by atoms with E-state index in [1.54, 1.807) is 31.3 Å². The number of benzene rings is 2. The molecule has 3 aromatic rings. The lowest BCUT2D eigenvalue weighted by Crippen LogP contribution is -2.10. The van der Waals surface area contributed by atoms with Gasteiger partial charge in [0.25, 0.3) is 0 Å². The van der Waals surface area contributed by atoms with Crippen LogP contribution in [0, 0.1) is 0 Å². The van der Waals surface area contributed by atoms with Crippen LogP contribution in [0.3, 0.4) is 0 Å². The summed E-state index contributed by atoms with van der Waals surface area (Å²) in [5.41, 5.74) is 3.97. The maximum atomic E-state index is 12.6. The molecule has 0 saturated heterocycles. The quantitative estimate of drug-likeness (QED) is 0.513. The number of esters is 2. The Morgan fingerprint density at radius 2 is 1.80 bits per heavy atom. The van der Waals surface area contributed by atoms with Gasteiger partial charge in [-0.2, -0.15) is 0 Å². The first-order valence-electron chi connectivity index (χ1n) is 10.2. The van der Waals surface area contributed by atoms with Crippen LogP contribution in [0.15, 0.2) is 48.7 Å². The van der Waals surface area contributed by atoms with Gasteiger partial charge in [-0.1, -0.05) is 38.1 Å². The fourth-order valence-corrected chi connectivity index (χ4v) is 3.21. The van der Waals surface area contributed by atoms with Crippen molar-refractivity contribution in [2.24, 2.45) is 0 Å². The minimum atomic E-state index is -0.449. The summed E-state index contributed by atoms with van der Waals surface area (Å²) in [5.74, 6) is -0.825. The fraction of sp³-hybridized carbons (Fsp3) is 0.292. The molecule has 0 unspecified atom stereocenters. The van der Waals surface area contributed by atoms with Gasteiger partial charge in [0, 0.05) is 17.3 Å². The van der Waals surface area contributed by atoms with Crippen molar-refractivity contribution >= 4 is 34.2 Å². The number of anilines is 2. The largest absolute Gasteiger partial charge is 0.462 e. The van der Waals surface area contributed by atoms with Gasteiger partial charge in [-0.25, -0.2) is 9.59 Å². The van der Waals surface area contributed by atoms with E-state index >= 15 is 0 Å². The Balaban J connectivity index is 2.07. The second-order valence-electron chi connectivity index (χ2n) is 6.78. The summed E-state index contributed by atoms with van der Waals surface area (Å²) < 4.78 is 10.5. The van der Waals surface area contributed by atoms with E-state index in [4.69, 9.17) is 9.47 Å². The van der Waals surface area contributed by atoms with Crippen molar-refractivity contribution in [1.29, 1.82) is 0 Å². The third-order valence-electron chi connectivity index (χ3n) is 4.66. The zero-order chi connectivity index (χ0) is 21.5. The number of ether oxygens (including phenoxy) is 2. The molecule has 0 saturated carbocycles. The molecule has 156 valence electrons. The number of hydrogen-bond donors (Lipinski definition) is 1. The number of carbonyl (C=O) groups excluding carboxylic acids is 2. The molecule has 1 N–H and O–H groups in total. The topological polar surface area (TPSA) is 77.5 Å². The molecule has 1 heterocycles. The summed E-state index contributed by atoms with van der Waals surface area (Å²) in [4.78, 5) is 29.3. The molecule has 2 aromatic carbocycles. The highest BCUT2D eigenvalue weighted by Gasteiger charge is 2.18. The molecule has 0 fully saturated rings. The average Bonchev–Trinajstić information content (AvgIpc) is 2.77. The molecule has 0 bridgehead atoms. The van der Waals surface area contributed by atoms with Gasteiger partial charge in [-0.05, 0) is 43.5 Å². The minimum absolute atomic E-state index is 0.268. The van der Waals surface area contributed by atoms with Crippen LogP contribution in [0.25, 0.3) is 10.9 Å². The van der Waals surface area contributed by atoms with E-state index in [1.807, 2.05) is 31.2 Å². The monoisotopic (exact) mass is 406 g/mol. The predicted molar refractivity (Wildman–Crippen MR) is 117 cm³/mol. The van der Waals surface area contributed by atoms with Gasteiger partial charge in [-0.15, -0.1) is 0 Å². The molecule has 0 aliphatic rings. The number of carbonyl (C=O) groups is 2. The third-order valence-corrected chi connectivity index (χ3v) is 4.66. The van der Waals surface area contributed by atoms with Crippen LogP contribution < -0.4 is 5.32 Å². The summed E-state index contributed by atoms with van der Waals surface area (Å²) in [5, 5.41) is 4.13. The van der Waals surface area contributed by atoms with Crippen LogP contribution in [0.2, 0.25) is 0 Å². The Morgan fingerprint density at radius 1 is 1.00 bits per heavy atom. The second-order valence-corrected chi connectivity index (χ2v) is 6.78. The molecule has 0 aliphatic carbocycles. The average molecular weight is 406 g/mol. The van der Waals surface area contributed by atoms with Crippen molar-refractivity contribution < 1.29 is 19.1 Å². The molecule has 3 rings (SSSR count). The number of para-hydroxylation sites is 1. The molecule has 0 spiro atoms. The molecule has 0 aliphatic heterocycles. The number of nitrogens with zero attached hydrogens (tertiary/aromatic N) is 1. The lowest BCUT2D eigenvalue weighted by atomic mass is 10.0. The lowest BCUT2D eigenvalue weighted by Gasteiger charge is -2.16. The van der Waals surface area contributed by atoms with Gasteiger partial charge in [0.15, 0.2) is 0 Å². The summed E-state index contributed by atoms with van der Waals surface area (Å²) in [7, 11) is 0. The smallest absolute Gasteiger partial charge is 0.341 e. The van der Waals surface area contributed by atoms with Gasteiger partial charge in [-0.3, -0.25) is 4.98 Å². The van der Waals surface area contributed by atoms with Crippen molar-refractivity contribution in [3.05, 3.63) is 65.4 Å². The number of rotatable bonds is 8. The molecular weight excluding hydrogens is 380 g/mol. The number of pyridine rings is 1. The normalized spacial score (nSPS) is 10.6. The lowest BCUT2D eigenvalue weighted by molar-refractivity contribution is 0.0501. The van der Waals surface area contributed by atoms with Gasteiger partial charge < -0.3 is 14.8 Å². The summed E-state index contributed by atoms with van der Waals surface area (Å²) in [6.45, 7) is 6.41. The number of nitrogens with one attached hydrogen (secondary N) is 1. The van der Waals surface area contributed by atoms with Crippen molar-refractivity contribution in [1.82, 2.24) is 4.98 Å². The maximum absolute atomic E-state index is 12.6. The first-order valence-corrected chi connectivity index (χ1v) is 10.2. The number of aryl methyl sites for hydroxylation is 1. The van der Waals surface area contributed by atoms with Crippen molar-refractivity contribution in [2.45, 2.75) is 33.6 Å². The molecular formula is C24H26N2O4. The Hall–Kier alpha value is -3.41. The number of aromatic nitrogens is 1. The zero-order valence-corrected chi connectivity index (χ0v) is 17.5. The van der Waals surface area contributed by atoms with Crippen molar-refractivity contribution in [2.75, 3.05) is 18.5 Å². The Morgan fingerprint density at radius 3 is 2.53 bits per heavy atom. The Bertz CT molecular complexity index is 1060. The van der Waals surface area contributed by atoms with E-state index in [0.29, 0.717) is 29.1 Å². The first kappa shape index (κ1) is 21.3. The van der Waals surface area contributed by atoms with Gasteiger partial charge >= 0.3 is 11.9 Å². The summed E-state index contributed by atoms with van der Waals surface area (Å²) >= 11 is 0. The zero-order valence-electron chi connectivity index (χ0n) is 17.5. The number of fused-ring (bicyclic) bond motifs is 1. The van der Waals surface area contributed by atoms with Gasteiger partial charge in [0.1, 0.15) is 5.56 Å². The first-order chi connectivity index (χ1) is 14.6. The molecule has 0 radical (unpaired) electrons. The van der Waals surface area contributed by atoms with Crippen LogP contribution >= 0.6 is 0 Å². The van der Waals surface area contributed by atoms with Crippen LogP contribution in [0.5, 0.6) is 0 Å². The van der Waals surface area contributed by atoms with Gasteiger partial charge in [0.05, 0.1) is 30.0 Å². The molecule has 6 heteroatoms. The predicted octanol–water partition coefficient (Wildman–Crippen LogP) is 5.28. The summed E-state index contributed by atoms with van der Waals surface area (Å²) in [6, 6.07) is 12.9. The molecule has 0 atom stereocenters. The highest BCUT2D eigenvalue weighted by Crippen LogP contribution is 2.31. The van der Waals surface area contributed by atoms with E-state index in [2.05, 4.69) is 17.2 Å². The Labute approximate surface area is 176 Å². The van der Waals surface area contributed by atoms with E-state index in [1.165, 1.54) is 0 Å². The molecule has 6 nitrogen and oxygen atoms in total. The SMILES string of the molecule is CCCOC(=O)c1cccc(Nc2c(C(=O)OCC)cnc3c(CC)cccc23)c1. The molecule has 30 heavy (non-hydrogen) atoms. The molecule has 1 aromatic heterocycles. The van der Waals surface area contributed by atoms with Crippen LogP contribution in [0.4, 0.5) is 11.4 Å². The van der Waals surface area contributed by atoms with E-state index in [9.17, 15) is 9.59 Å². The minimum Gasteiger partial charge on any atom is -0.462 e. The van der Waals surface area contributed by atoms with E-state index in [-0.39, 0.29) is 12.6 Å². The van der Waals surface area contributed by atoms with Crippen LogP contribution in [-0.4, -0.2) is 30.1 Å². The van der Waals surface area contributed by atoms with Crippen molar-refractivity contribution in [3.63, 3.8) is 0 Å². The van der Waals surface area contributed by atoms with Crippen LogP contribution in [-0.2, 0) is 15.9 Å². The van der Waals surface area contributed by atoms with E-state index in [0.717, 1.165) is 29.3 Å². The van der Waals surface area contributed by atoms with E-state index < -0.39 is 5.97 Å². The number of hydrogen-bond acceptors (Lipinski definition) is 6. The fourth-order valence-electron chi connectivity index (χ4n) is 3.21. The second kappa shape index (κ2) is 9.87. The summed E-state index contributed by atoms with van der Waals surface area (Å²) in [6.07, 6.45) is 3.12. The highest BCUT2D eigenvalue weighted by atomic mass is 16.5. The third kappa shape index (κ3) is 4.59. The highest BCUT2D eigenvalue weighted by molar-refractivity contribution is 6.06. The molecule has 0 amide bonds. The Kier molecular flexibility index (Phi) is 7.01. The van der Waals surface area contributed by atoms with Gasteiger partial charge in [0.2, 0.25) is 0 Å². The maximum Gasteiger partial charge on any atom is 0.341 e. The standard InChI is InChI=1S/C24H26N2O4/c1-4-13-30-23(27)17-10-7-11-18(14-17)26-22-19-12-8-9-16(5-2)21(19)25-15-20(22)24(28)29-6-3/h7-12,14-15H,4-6,13H2,1-3H3,(H,25,26). The van der Waals surface area contributed by atoms with Crippen LogP contribution in [0.1, 0.15) is 53.5 Å².